The van der Waals surface area contributed by atoms with Crippen LogP contribution in [0.25, 0.3) is 0 Å². The van der Waals surface area contributed by atoms with Gasteiger partial charge in [0.25, 0.3) is 0 Å². The van der Waals surface area contributed by atoms with Crippen molar-refractivity contribution in [1.29, 1.82) is 0 Å². The van der Waals surface area contributed by atoms with Crippen LogP contribution in [0.5, 0.6) is 0 Å². The van der Waals surface area contributed by atoms with Crippen molar-refractivity contribution in [2.45, 2.75) is 37.8 Å². The quantitative estimate of drug-likeness (QED) is 0.666. The van der Waals surface area contributed by atoms with Gasteiger partial charge in [0.05, 0.1) is 6.04 Å². The van der Waals surface area contributed by atoms with E-state index in [-0.39, 0.29) is 11.9 Å². The molecule has 1 amide bonds. The van der Waals surface area contributed by atoms with Crippen molar-refractivity contribution in [1.82, 2.24) is 10.2 Å². The fraction of sp³-hybridized carbons (Fsp3) is 0.800. The summed E-state index contributed by atoms with van der Waals surface area (Å²) in [5.41, 5.74) is 0. The van der Waals surface area contributed by atoms with Crippen LogP contribution in [-0.4, -0.2) is 47.1 Å². The Morgan fingerprint density at radius 2 is 2.00 bits per heavy atom. The van der Waals surface area contributed by atoms with Crippen LogP contribution >= 0.6 is 0 Å². The zero-order chi connectivity index (χ0) is 10.8. The van der Waals surface area contributed by atoms with Crippen molar-refractivity contribution in [3.8, 4) is 0 Å². The molecule has 0 bridgehead atoms. The molecule has 2 aliphatic rings. The lowest BCUT2D eigenvalue weighted by Gasteiger charge is -2.30. The molecule has 5 heteroatoms. The zero-order valence-corrected chi connectivity index (χ0v) is 8.61. The van der Waals surface area contributed by atoms with Gasteiger partial charge in [0, 0.05) is 6.42 Å². The number of piperidine rings is 1. The van der Waals surface area contributed by atoms with Crippen molar-refractivity contribution in [2.75, 3.05) is 13.1 Å². The first kappa shape index (κ1) is 10.4. The summed E-state index contributed by atoms with van der Waals surface area (Å²) < 4.78 is 0. The molecule has 2 fully saturated rings. The minimum Gasteiger partial charge on any atom is -0.480 e. The predicted molar refractivity (Wildman–Crippen MR) is 53.4 cm³/mol. The maximum Gasteiger partial charge on any atom is 0.326 e. The summed E-state index contributed by atoms with van der Waals surface area (Å²) in [7, 11) is 0. The Kier molecular flexibility index (Phi) is 2.90. The van der Waals surface area contributed by atoms with Crippen molar-refractivity contribution < 1.29 is 14.7 Å². The van der Waals surface area contributed by atoms with Gasteiger partial charge in [0.2, 0.25) is 5.91 Å². The van der Waals surface area contributed by atoms with Crippen LogP contribution in [0.4, 0.5) is 0 Å². The van der Waals surface area contributed by atoms with Crippen LogP contribution in [0.1, 0.15) is 25.7 Å². The number of nitrogens with zero attached hydrogens (tertiary/aromatic N) is 1. The lowest BCUT2D eigenvalue weighted by molar-refractivity contribution is -0.140. The average Bonchev–Trinajstić information content (AvgIpc) is 2.62. The van der Waals surface area contributed by atoms with Gasteiger partial charge in [-0.25, -0.2) is 4.79 Å². The zero-order valence-electron chi connectivity index (χ0n) is 8.61. The lowest BCUT2D eigenvalue weighted by Crippen LogP contribution is -2.43. The molecule has 2 atom stereocenters. The van der Waals surface area contributed by atoms with Gasteiger partial charge in [-0.3, -0.25) is 9.69 Å². The second-order valence-electron chi connectivity index (χ2n) is 4.25. The minimum absolute atomic E-state index is 0.121. The summed E-state index contributed by atoms with van der Waals surface area (Å²) in [6, 6.07) is -0.907. The van der Waals surface area contributed by atoms with Crippen LogP contribution < -0.4 is 5.32 Å². The molecule has 0 saturated carbocycles. The van der Waals surface area contributed by atoms with E-state index >= 15 is 0 Å². The molecule has 0 aromatic heterocycles. The van der Waals surface area contributed by atoms with Gasteiger partial charge >= 0.3 is 5.97 Å². The smallest absolute Gasteiger partial charge is 0.326 e. The third-order valence-corrected chi connectivity index (χ3v) is 3.21. The molecule has 5 nitrogen and oxygen atoms in total. The molecule has 84 valence electrons. The molecule has 2 aliphatic heterocycles. The largest absolute Gasteiger partial charge is 0.480 e. The van der Waals surface area contributed by atoms with E-state index in [2.05, 4.69) is 10.2 Å². The molecule has 2 heterocycles. The number of carboxylic acid groups (broad SMARTS) is 1. The molecule has 0 spiro atoms. The van der Waals surface area contributed by atoms with E-state index in [1.54, 1.807) is 0 Å². The van der Waals surface area contributed by atoms with Crippen LogP contribution in [0.2, 0.25) is 0 Å². The molecular weight excluding hydrogens is 196 g/mol. The first-order valence-corrected chi connectivity index (χ1v) is 5.46. The molecule has 2 rings (SSSR count). The second kappa shape index (κ2) is 4.18. The highest BCUT2D eigenvalue weighted by Crippen LogP contribution is 2.19. The Bertz CT molecular complexity index is 274. The third kappa shape index (κ3) is 2.12. The molecule has 0 aliphatic carbocycles. The molecule has 15 heavy (non-hydrogen) atoms. The topological polar surface area (TPSA) is 69.6 Å². The number of aliphatic carboxylic acids is 1. The van der Waals surface area contributed by atoms with Gasteiger partial charge in [0.1, 0.15) is 6.04 Å². The highest BCUT2D eigenvalue weighted by Gasteiger charge is 2.39. The SMILES string of the molecule is O=C1N[C@H](C(=O)O)CC1N1CCCCC1. The summed E-state index contributed by atoms with van der Waals surface area (Å²) >= 11 is 0. The maximum atomic E-state index is 11.6. The number of rotatable bonds is 2. The van der Waals surface area contributed by atoms with E-state index in [1.165, 1.54) is 6.42 Å². The maximum absolute atomic E-state index is 11.6. The van der Waals surface area contributed by atoms with E-state index in [1.807, 2.05) is 0 Å². The molecule has 0 aromatic rings. The van der Waals surface area contributed by atoms with Crippen molar-refractivity contribution in [3.63, 3.8) is 0 Å². The Labute approximate surface area is 88.4 Å². The summed E-state index contributed by atoms with van der Waals surface area (Å²) in [6.07, 6.45) is 3.85. The van der Waals surface area contributed by atoms with E-state index < -0.39 is 12.0 Å². The fourth-order valence-corrected chi connectivity index (χ4v) is 2.36. The Hall–Kier alpha value is -1.10. The van der Waals surface area contributed by atoms with E-state index in [0.717, 1.165) is 25.9 Å². The number of carboxylic acids is 1. The first-order valence-electron chi connectivity index (χ1n) is 5.46. The van der Waals surface area contributed by atoms with Crippen LogP contribution in [-0.2, 0) is 9.59 Å². The molecule has 0 radical (unpaired) electrons. The van der Waals surface area contributed by atoms with Crippen LogP contribution in [0.15, 0.2) is 0 Å². The van der Waals surface area contributed by atoms with E-state index in [0.29, 0.717) is 6.42 Å². The molecule has 0 aromatic carbocycles. The minimum atomic E-state index is -0.928. The number of likely N-dealkylation sites (tertiary alicyclic amines) is 1. The summed E-state index contributed by atoms with van der Waals surface area (Å²) in [5, 5.41) is 11.3. The summed E-state index contributed by atoms with van der Waals surface area (Å²) in [6.45, 7) is 1.84. The highest BCUT2D eigenvalue weighted by atomic mass is 16.4. The standard InChI is InChI=1S/C10H16N2O3/c13-9-8(6-7(11-9)10(14)15)12-4-2-1-3-5-12/h7-8H,1-6H2,(H,11,13)(H,14,15)/t7-,8?/m0/s1. The van der Waals surface area contributed by atoms with Crippen molar-refractivity contribution in [3.05, 3.63) is 0 Å². The van der Waals surface area contributed by atoms with Gasteiger partial charge in [-0.2, -0.15) is 0 Å². The Morgan fingerprint density at radius 1 is 1.33 bits per heavy atom. The molecule has 2 saturated heterocycles. The number of carbonyl (C=O) groups is 2. The third-order valence-electron chi connectivity index (χ3n) is 3.21. The highest BCUT2D eigenvalue weighted by molar-refractivity contribution is 5.91. The van der Waals surface area contributed by atoms with Gasteiger partial charge in [-0.15, -0.1) is 0 Å². The van der Waals surface area contributed by atoms with E-state index in [9.17, 15) is 9.59 Å². The van der Waals surface area contributed by atoms with Crippen molar-refractivity contribution >= 4 is 11.9 Å². The summed E-state index contributed by atoms with van der Waals surface area (Å²) in [4.78, 5) is 24.4. The number of hydrogen-bond acceptors (Lipinski definition) is 3. The van der Waals surface area contributed by atoms with E-state index in [4.69, 9.17) is 5.11 Å². The molecule has 1 unspecified atom stereocenters. The molecular formula is C10H16N2O3. The average molecular weight is 212 g/mol. The fourth-order valence-electron chi connectivity index (χ4n) is 2.36. The Balaban J connectivity index is 1.97. The monoisotopic (exact) mass is 212 g/mol. The Morgan fingerprint density at radius 3 is 2.53 bits per heavy atom. The van der Waals surface area contributed by atoms with Crippen molar-refractivity contribution in [2.24, 2.45) is 0 Å². The summed E-state index contributed by atoms with van der Waals surface area (Å²) in [5.74, 6) is -1.05. The first-order chi connectivity index (χ1) is 7.18. The molecule has 2 N–H and O–H groups in total. The predicted octanol–water partition coefficient (Wildman–Crippen LogP) is -0.186. The van der Waals surface area contributed by atoms with Gasteiger partial charge < -0.3 is 10.4 Å². The van der Waals surface area contributed by atoms with Gasteiger partial charge in [0.15, 0.2) is 0 Å². The number of hydrogen-bond donors (Lipinski definition) is 2. The van der Waals surface area contributed by atoms with Gasteiger partial charge in [-0.1, -0.05) is 6.42 Å². The number of nitrogens with one attached hydrogen (secondary N) is 1. The second-order valence-corrected chi connectivity index (χ2v) is 4.25. The van der Waals surface area contributed by atoms with Crippen LogP contribution in [0, 0.1) is 0 Å². The van der Waals surface area contributed by atoms with Gasteiger partial charge in [-0.05, 0) is 25.9 Å². The normalized spacial score (nSPS) is 32.7. The number of carbonyl (C=O) groups excluding carboxylic acids is 1. The number of amides is 1. The van der Waals surface area contributed by atoms with Crippen LogP contribution in [0.3, 0.4) is 0 Å². The lowest BCUT2D eigenvalue weighted by atomic mass is 10.1.